The summed E-state index contributed by atoms with van der Waals surface area (Å²) >= 11 is 0. The third-order valence-electron chi connectivity index (χ3n) is 2.84. The van der Waals surface area contributed by atoms with Gasteiger partial charge in [-0.05, 0) is 0 Å². The van der Waals surface area contributed by atoms with Gasteiger partial charge in [0.15, 0.2) is 0 Å². The van der Waals surface area contributed by atoms with E-state index in [0.717, 1.165) is 0 Å². The van der Waals surface area contributed by atoms with Gasteiger partial charge in [0.05, 0.1) is 33.4 Å². The molecule has 108 valence electrons. The Morgan fingerprint density at radius 1 is 0.333 bits per heavy atom. The molecule has 2 rings (SSSR count). The Morgan fingerprint density at radius 2 is 0.458 bits per heavy atom. The largest absolute Gasteiger partial charge is 0.192 e. The SMILES string of the molecule is N#Cc1c(C#N)c(C#N)c(C#N)c(C#N)c1C#N.c1ccccc1. The molecule has 2 aromatic carbocycles. The zero-order valence-corrected chi connectivity index (χ0v) is 12.1. The molecule has 6 heteroatoms. The maximum absolute atomic E-state index is 8.91. The molecule has 0 radical (unpaired) electrons. The van der Waals surface area contributed by atoms with E-state index in [-0.39, 0.29) is 33.4 Å². The Morgan fingerprint density at radius 3 is 0.542 bits per heavy atom. The highest BCUT2D eigenvalue weighted by Gasteiger charge is 2.24. The Hall–Kier alpha value is -4.62. The van der Waals surface area contributed by atoms with E-state index in [0.29, 0.717) is 0 Å². The summed E-state index contributed by atoms with van der Waals surface area (Å²) in [5.74, 6) is 0. The fourth-order valence-corrected chi connectivity index (χ4v) is 1.81. The van der Waals surface area contributed by atoms with Gasteiger partial charge in [-0.15, -0.1) is 0 Å². The Bertz CT molecular complexity index is 785. The molecule has 24 heavy (non-hydrogen) atoms. The van der Waals surface area contributed by atoms with Crippen LogP contribution >= 0.6 is 0 Å². The van der Waals surface area contributed by atoms with Crippen molar-refractivity contribution in [3.8, 4) is 36.4 Å². The highest BCUT2D eigenvalue weighted by atomic mass is 14.4. The monoisotopic (exact) mass is 306 g/mol. The molecule has 0 unspecified atom stereocenters. The van der Waals surface area contributed by atoms with E-state index in [1.165, 1.54) is 0 Å². The molecular weight excluding hydrogens is 300 g/mol. The van der Waals surface area contributed by atoms with E-state index < -0.39 is 0 Å². The molecule has 0 saturated heterocycles. The molecule has 0 aliphatic rings. The van der Waals surface area contributed by atoms with Crippen LogP contribution in [0.5, 0.6) is 0 Å². The second-order valence-electron chi connectivity index (χ2n) is 4.08. The molecule has 0 fully saturated rings. The molecule has 2 aromatic rings. The summed E-state index contributed by atoms with van der Waals surface area (Å²) in [5, 5.41) is 53.5. The standard InChI is InChI=1S/C12N6.C6H6/c13-1-7-8(2-14)10(4-16)12(6-18)11(5-17)9(7)3-15;1-2-4-6-5-3-1/h;1-6H. The van der Waals surface area contributed by atoms with E-state index in [4.69, 9.17) is 31.6 Å². The highest BCUT2D eigenvalue weighted by molar-refractivity contribution is 5.72. The highest BCUT2D eigenvalue weighted by Crippen LogP contribution is 2.26. The Labute approximate surface area is 138 Å². The minimum atomic E-state index is -0.355. The van der Waals surface area contributed by atoms with Crippen molar-refractivity contribution in [1.82, 2.24) is 0 Å². The van der Waals surface area contributed by atoms with Gasteiger partial charge < -0.3 is 0 Å². The summed E-state index contributed by atoms with van der Waals surface area (Å²) in [6, 6.07) is 21.7. The minimum absolute atomic E-state index is 0.355. The molecule has 0 amide bonds. The van der Waals surface area contributed by atoms with Crippen molar-refractivity contribution in [2.45, 2.75) is 0 Å². The number of rotatable bonds is 0. The van der Waals surface area contributed by atoms with Gasteiger partial charge in [-0.1, -0.05) is 36.4 Å². The zero-order chi connectivity index (χ0) is 17.9. The maximum Gasteiger partial charge on any atom is 0.102 e. The van der Waals surface area contributed by atoms with E-state index in [1.807, 2.05) is 36.4 Å². The molecule has 0 aromatic heterocycles. The molecule has 0 bridgehead atoms. The molecule has 0 aliphatic carbocycles. The first-order chi connectivity index (χ1) is 11.7. The van der Waals surface area contributed by atoms with Crippen molar-refractivity contribution in [3.05, 3.63) is 69.8 Å². The predicted octanol–water partition coefficient (Wildman–Crippen LogP) is 2.60. The van der Waals surface area contributed by atoms with Gasteiger partial charge in [0.25, 0.3) is 0 Å². The molecule has 0 N–H and O–H groups in total. The molecule has 0 aliphatic heterocycles. The molecule has 0 spiro atoms. The van der Waals surface area contributed by atoms with Crippen LogP contribution in [0.4, 0.5) is 0 Å². The van der Waals surface area contributed by atoms with Gasteiger partial charge >= 0.3 is 0 Å². The van der Waals surface area contributed by atoms with Crippen LogP contribution in [0.3, 0.4) is 0 Å². The van der Waals surface area contributed by atoms with Gasteiger partial charge in [-0.3, -0.25) is 0 Å². The van der Waals surface area contributed by atoms with Gasteiger partial charge in [0, 0.05) is 0 Å². The van der Waals surface area contributed by atoms with Crippen molar-refractivity contribution in [2.75, 3.05) is 0 Å². The first-order valence-corrected chi connectivity index (χ1v) is 6.34. The summed E-state index contributed by atoms with van der Waals surface area (Å²) in [4.78, 5) is 0. The van der Waals surface area contributed by atoms with Crippen molar-refractivity contribution in [1.29, 1.82) is 31.6 Å². The number of nitriles is 6. The molecule has 0 saturated carbocycles. The van der Waals surface area contributed by atoms with E-state index in [9.17, 15) is 0 Å². The van der Waals surface area contributed by atoms with Gasteiger partial charge in [0.2, 0.25) is 0 Å². The van der Waals surface area contributed by atoms with Crippen LogP contribution in [0.15, 0.2) is 36.4 Å². The molecule has 6 nitrogen and oxygen atoms in total. The Kier molecular flexibility index (Phi) is 6.26. The first kappa shape index (κ1) is 17.4. The third-order valence-corrected chi connectivity index (χ3v) is 2.84. The van der Waals surface area contributed by atoms with Crippen LogP contribution in [-0.2, 0) is 0 Å². The summed E-state index contributed by atoms with van der Waals surface area (Å²) < 4.78 is 0. The molecular formula is C18H6N6. The Balaban J connectivity index is 0.000000400. The minimum Gasteiger partial charge on any atom is -0.192 e. The normalized spacial score (nSPS) is 7.75. The van der Waals surface area contributed by atoms with Crippen molar-refractivity contribution < 1.29 is 0 Å². The van der Waals surface area contributed by atoms with Gasteiger partial charge in [-0.2, -0.15) is 31.6 Å². The number of hydrogen-bond acceptors (Lipinski definition) is 6. The number of benzene rings is 2. The van der Waals surface area contributed by atoms with Crippen LogP contribution in [0, 0.1) is 68.0 Å². The summed E-state index contributed by atoms with van der Waals surface area (Å²) in [7, 11) is 0. The van der Waals surface area contributed by atoms with E-state index in [2.05, 4.69) is 0 Å². The van der Waals surface area contributed by atoms with Crippen LogP contribution in [0.1, 0.15) is 33.4 Å². The lowest BCUT2D eigenvalue weighted by molar-refractivity contribution is 1.31. The summed E-state index contributed by atoms with van der Waals surface area (Å²) in [6.45, 7) is 0. The van der Waals surface area contributed by atoms with Crippen molar-refractivity contribution >= 4 is 0 Å². The van der Waals surface area contributed by atoms with Crippen LogP contribution in [-0.4, -0.2) is 0 Å². The average molecular weight is 306 g/mol. The topological polar surface area (TPSA) is 143 Å². The first-order valence-electron chi connectivity index (χ1n) is 6.34. The predicted molar refractivity (Wildman–Crippen MR) is 81.2 cm³/mol. The lowest BCUT2D eigenvalue weighted by Gasteiger charge is -2.05. The van der Waals surface area contributed by atoms with Gasteiger partial charge in [0.1, 0.15) is 36.4 Å². The van der Waals surface area contributed by atoms with Crippen LogP contribution < -0.4 is 0 Å². The maximum atomic E-state index is 8.91. The van der Waals surface area contributed by atoms with Crippen molar-refractivity contribution in [3.63, 3.8) is 0 Å². The van der Waals surface area contributed by atoms with Crippen LogP contribution in [0.2, 0.25) is 0 Å². The summed E-state index contributed by atoms with van der Waals surface area (Å²) in [6.07, 6.45) is 0. The zero-order valence-electron chi connectivity index (χ0n) is 12.1. The lowest BCUT2D eigenvalue weighted by atomic mass is 9.89. The average Bonchev–Trinajstić information content (AvgIpc) is 2.66. The third kappa shape index (κ3) is 3.34. The van der Waals surface area contributed by atoms with E-state index >= 15 is 0 Å². The van der Waals surface area contributed by atoms with Gasteiger partial charge in [-0.25, -0.2) is 0 Å². The molecule has 0 heterocycles. The smallest absolute Gasteiger partial charge is 0.102 e. The lowest BCUT2D eigenvalue weighted by Crippen LogP contribution is -2.03. The number of nitrogens with zero attached hydrogens (tertiary/aromatic N) is 6. The van der Waals surface area contributed by atoms with Crippen molar-refractivity contribution in [2.24, 2.45) is 0 Å². The number of hydrogen-bond donors (Lipinski definition) is 0. The van der Waals surface area contributed by atoms with E-state index in [1.54, 1.807) is 36.4 Å². The fourth-order valence-electron chi connectivity index (χ4n) is 1.81. The second kappa shape index (κ2) is 8.62. The van der Waals surface area contributed by atoms with Crippen LogP contribution in [0.25, 0.3) is 0 Å². The second-order valence-corrected chi connectivity index (χ2v) is 4.08. The summed E-state index contributed by atoms with van der Waals surface area (Å²) in [5.41, 5.74) is -2.13. The quantitative estimate of drug-likeness (QED) is 0.731. The molecule has 0 atom stereocenters. The fraction of sp³-hybridized carbons (Fsp3) is 0.